The topological polar surface area (TPSA) is 65.5 Å². The SMILES string of the molecule is CC(C)(O)C(C)(C)OB(O)c1cccc2c1[nH]c1ccccc12. The first kappa shape index (κ1) is 16.1. The van der Waals surface area contributed by atoms with Crippen LogP contribution in [0.5, 0.6) is 0 Å². The lowest BCUT2D eigenvalue weighted by Gasteiger charge is -2.38. The molecule has 0 aliphatic heterocycles. The summed E-state index contributed by atoms with van der Waals surface area (Å²) in [7, 11) is -1.13. The van der Waals surface area contributed by atoms with Crippen molar-refractivity contribution in [1.82, 2.24) is 4.98 Å². The molecule has 0 saturated carbocycles. The molecule has 5 heteroatoms. The zero-order valence-corrected chi connectivity index (χ0v) is 13.9. The molecule has 0 aliphatic rings. The molecule has 0 radical (unpaired) electrons. The highest BCUT2D eigenvalue weighted by Gasteiger charge is 2.40. The Balaban J connectivity index is 2.06. The average molecular weight is 311 g/mol. The Morgan fingerprint density at radius 2 is 1.61 bits per heavy atom. The molecule has 0 aliphatic carbocycles. The highest BCUT2D eigenvalue weighted by atomic mass is 16.5. The first-order valence-electron chi connectivity index (χ1n) is 7.78. The molecule has 0 bridgehead atoms. The van der Waals surface area contributed by atoms with Crippen LogP contribution in [0.1, 0.15) is 27.7 Å². The maximum atomic E-state index is 10.6. The third-order valence-corrected chi connectivity index (χ3v) is 4.72. The number of aromatic amines is 1. The van der Waals surface area contributed by atoms with Crippen LogP contribution in [0.2, 0.25) is 0 Å². The van der Waals surface area contributed by atoms with E-state index in [0.29, 0.717) is 5.46 Å². The van der Waals surface area contributed by atoms with E-state index in [1.54, 1.807) is 27.7 Å². The number of aromatic nitrogens is 1. The average Bonchev–Trinajstić information content (AvgIpc) is 2.84. The molecule has 0 unspecified atom stereocenters. The Morgan fingerprint density at radius 3 is 2.30 bits per heavy atom. The fourth-order valence-electron chi connectivity index (χ4n) is 2.59. The van der Waals surface area contributed by atoms with Crippen LogP contribution in [0.3, 0.4) is 0 Å². The van der Waals surface area contributed by atoms with Crippen molar-refractivity contribution >= 4 is 34.4 Å². The van der Waals surface area contributed by atoms with Crippen LogP contribution < -0.4 is 5.46 Å². The summed E-state index contributed by atoms with van der Waals surface area (Å²) in [6.45, 7) is 6.87. The van der Waals surface area contributed by atoms with E-state index in [-0.39, 0.29) is 0 Å². The fourth-order valence-corrected chi connectivity index (χ4v) is 2.59. The molecule has 3 rings (SSSR count). The Morgan fingerprint density at radius 1 is 0.957 bits per heavy atom. The van der Waals surface area contributed by atoms with E-state index in [4.69, 9.17) is 4.65 Å². The minimum Gasteiger partial charge on any atom is -0.423 e. The highest BCUT2D eigenvalue weighted by molar-refractivity contribution is 6.63. The van der Waals surface area contributed by atoms with Crippen molar-refractivity contribution in [1.29, 1.82) is 0 Å². The summed E-state index contributed by atoms with van der Waals surface area (Å²) in [5, 5.41) is 23.0. The molecule has 23 heavy (non-hydrogen) atoms. The van der Waals surface area contributed by atoms with Crippen LogP contribution in [0.25, 0.3) is 21.8 Å². The number of para-hydroxylation sites is 2. The monoisotopic (exact) mass is 311 g/mol. The molecule has 1 aromatic heterocycles. The van der Waals surface area contributed by atoms with Gasteiger partial charge in [0, 0.05) is 27.3 Å². The van der Waals surface area contributed by atoms with Gasteiger partial charge in [-0.1, -0.05) is 36.4 Å². The van der Waals surface area contributed by atoms with Gasteiger partial charge in [-0.2, -0.15) is 0 Å². The lowest BCUT2D eigenvalue weighted by Crippen LogP contribution is -2.53. The Hall–Kier alpha value is -1.82. The number of nitrogens with one attached hydrogen (secondary N) is 1. The first-order valence-corrected chi connectivity index (χ1v) is 7.78. The van der Waals surface area contributed by atoms with E-state index in [9.17, 15) is 10.1 Å². The molecule has 0 fully saturated rings. The molecule has 0 saturated heterocycles. The normalized spacial score (nSPS) is 13.0. The lowest BCUT2D eigenvalue weighted by atomic mass is 9.75. The quantitative estimate of drug-likeness (QED) is 0.649. The summed E-state index contributed by atoms with van der Waals surface area (Å²) in [6.07, 6.45) is 0. The second-order valence-corrected chi connectivity index (χ2v) is 6.98. The van der Waals surface area contributed by atoms with Crippen molar-refractivity contribution in [3.8, 4) is 0 Å². The van der Waals surface area contributed by atoms with Gasteiger partial charge < -0.3 is 19.8 Å². The van der Waals surface area contributed by atoms with Crippen LogP contribution in [0, 0.1) is 0 Å². The second-order valence-electron chi connectivity index (χ2n) is 6.98. The van der Waals surface area contributed by atoms with E-state index in [1.165, 1.54) is 0 Å². The zero-order valence-electron chi connectivity index (χ0n) is 13.9. The number of benzene rings is 2. The zero-order chi connectivity index (χ0) is 16.8. The summed E-state index contributed by atoms with van der Waals surface area (Å²) in [5.41, 5.74) is 0.552. The van der Waals surface area contributed by atoms with E-state index >= 15 is 0 Å². The number of hydrogen-bond donors (Lipinski definition) is 3. The van der Waals surface area contributed by atoms with Gasteiger partial charge in [0.15, 0.2) is 0 Å². The molecule has 0 amide bonds. The van der Waals surface area contributed by atoms with E-state index in [2.05, 4.69) is 4.98 Å². The molecule has 120 valence electrons. The third kappa shape index (κ3) is 2.76. The molecule has 0 spiro atoms. The predicted octanol–water partition coefficient (Wildman–Crippen LogP) is 2.57. The molecule has 4 nitrogen and oxygen atoms in total. The standard InChI is InChI=1S/C18H22BNO3/c1-17(2,21)18(3,4)23-19(22)14-10-7-9-13-12-8-5-6-11-15(12)20-16(13)14/h5-11,20-22H,1-4H3. The van der Waals surface area contributed by atoms with Crippen LogP contribution in [-0.4, -0.2) is 33.4 Å². The Labute approximate surface area is 136 Å². The predicted molar refractivity (Wildman–Crippen MR) is 94.9 cm³/mol. The molecule has 3 aromatic rings. The molecule has 3 N–H and O–H groups in total. The van der Waals surface area contributed by atoms with Crippen molar-refractivity contribution in [2.75, 3.05) is 0 Å². The van der Waals surface area contributed by atoms with Gasteiger partial charge in [-0.15, -0.1) is 0 Å². The van der Waals surface area contributed by atoms with Gasteiger partial charge in [-0.05, 0) is 33.8 Å². The lowest BCUT2D eigenvalue weighted by molar-refractivity contribution is -0.0982. The van der Waals surface area contributed by atoms with E-state index in [1.807, 2.05) is 42.5 Å². The summed E-state index contributed by atoms with van der Waals surface area (Å²) in [5.74, 6) is 0. The van der Waals surface area contributed by atoms with Gasteiger partial charge >= 0.3 is 7.12 Å². The summed E-state index contributed by atoms with van der Waals surface area (Å²) >= 11 is 0. The summed E-state index contributed by atoms with van der Waals surface area (Å²) in [4.78, 5) is 3.35. The van der Waals surface area contributed by atoms with Gasteiger partial charge in [-0.3, -0.25) is 0 Å². The third-order valence-electron chi connectivity index (χ3n) is 4.72. The Bertz CT molecular complexity index is 848. The van der Waals surface area contributed by atoms with Gasteiger partial charge in [0.2, 0.25) is 0 Å². The minimum absolute atomic E-state index is 0.663. The number of fused-ring (bicyclic) bond motifs is 3. The molecule has 2 aromatic carbocycles. The molecular formula is C18H22BNO3. The van der Waals surface area contributed by atoms with Crippen LogP contribution >= 0.6 is 0 Å². The van der Waals surface area contributed by atoms with Crippen molar-refractivity contribution in [3.63, 3.8) is 0 Å². The van der Waals surface area contributed by atoms with Gasteiger partial charge in [0.1, 0.15) is 0 Å². The van der Waals surface area contributed by atoms with Crippen LogP contribution in [0.4, 0.5) is 0 Å². The number of rotatable bonds is 4. The van der Waals surface area contributed by atoms with Crippen molar-refractivity contribution < 1.29 is 14.8 Å². The fraction of sp³-hybridized carbons (Fsp3) is 0.333. The maximum Gasteiger partial charge on any atom is 0.493 e. The summed E-state index contributed by atoms with van der Waals surface area (Å²) < 4.78 is 5.78. The Kier molecular flexibility index (Phi) is 3.75. The van der Waals surface area contributed by atoms with Gasteiger partial charge in [-0.25, -0.2) is 0 Å². The second kappa shape index (κ2) is 5.37. The van der Waals surface area contributed by atoms with Gasteiger partial charge in [0.05, 0.1) is 11.2 Å². The molecular weight excluding hydrogens is 289 g/mol. The summed E-state index contributed by atoms with van der Waals surface area (Å²) in [6, 6.07) is 13.8. The van der Waals surface area contributed by atoms with Crippen molar-refractivity contribution in [2.45, 2.75) is 38.9 Å². The van der Waals surface area contributed by atoms with Crippen LogP contribution in [-0.2, 0) is 4.65 Å². The number of H-pyrrole nitrogens is 1. The highest BCUT2D eigenvalue weighted by Crippen LogP contribution is 2.27. The van der Waals surface area contributed by atoms with Crippen molar-refractivity contribution in [2.24, 2.45) is 0 Å². The first-order chi connectivity index (χ1) is 10.7. The number of aliphatic hydroxyl groups is 1. The number of hydrogen-bond acceptors (Lipinski definition) is 3. The van der Waals surface area contributed by atoms with Crippen molar-refractivity contribution in [3.05, 3.63) is 42.5 Å². The van der Waals surface area contributed by atoms with E-state index < -0.39 is 18.3 Å². The molecule has 1 heterocycles. The maximum absolute atomic E-state index is 10.6. The van der Waals surface area contributed by atoms with Gasteiger partial charge in [0.25, 0.3) is 0 Å². The minimum atomic E-state index is -1.13. The largest absolute Gasteiger partial charge is 0.493 e. The van der Waals surface area contributed by atoms with E-state index in [0.717, 1.165) is 21.8 Å². The smallest absolute Gasteiger partial charge is 0.423 e. The van der Waals surface area contributed by atoms with Crippen LogP contribution in [0.15, 0.2) is 42.5 Å². The molecule has 0 atom stereocenters.